The van der Waals surface area contributed by atoms with E-state index in [1.807, 2.05) is 26.0 Å². The SMILES string of the molecule is CCC1=C(C)c2cc3[nH]c(cc4nc(cc5[nH]c(cc1n2)c(C)c5CC)C(C)=C4CCC(=O)O)c(CCC(=O)O)c3C. The van der Waals surface area contributed by atoms with Crippen LogP contribution in [0, 0.1) is 13.8 Å². The van der Waals surface area contributed by atoms with Crippen molar-refractivity contribution in [2.45, 2.75) is 80.1 Å². The fourth-order valence-corrected chi connectivity index (χ4v) is 6.22. The average Bonchev–Trinajstić information content (AvgIpc) is 3.59. The summed E-state index contributed by atoms with van der Waals surface area (Å²) in [5.41, 5.74) is 15.4. The molecule has 5 rings (SSSR count). The van der Waals surface area contributed by atoms with Crippen LogP contribution < -0.4 is 0 Å². The Morgan fingerprint density at radius 3 is 1.64 bits per heavy atom. The molecule has 8 heteroatoms. The van der Waals surface area contributed by atoms with Crippen molar-refractivity contribution in [1.82, 2.24) is 19.9 Å². The third-order valence-corrected chi connectivity index (χ3v) is 8.69. The Morgan fingerprint density at radius 1 is 0.619 bits per heavy atom. The lowest BCUT2D eigenvalue weighted by Crippen LogP contribution is -1.98. The zero-order valence-electron chi connectivity index (χ0n) is 25.2. The van der Waals surface area contributed by atoms with Crippen molar-refractivity contribution >= 4 is 56.3 Å². The number of aromatic nitrogens is 4. The summed E-state index contributed by atoms with van der Waals surface area (Å²) in [4.78, 5) is 40.3. The van der Waals surface area contributed by atoms with Gasteiger partial charge >= 0.3 is 11.9 Å². The standard InChI is InChI=1S/C34H38N4O4/c1-7-21-17(3)25-13-26-19(5)23(9-11-33(39)40)31(37-26)16-32-24(10-12-34(41)42)20(6)28(38-32)15-30-22(8-2)18(4)27(36-30)14-29(21)35-25/h13-16,36-37H,7-12H2,1-6H3,(H,39,40)(H,41,42). The third kappa shape index (κ3) is 5.29. The van der Waals surface area contributed by atoms with Crippen molar-refractivity contribution in [2.24, 2.45) is 0 Å². The van der Waals surface area contributed by atoms with Gasteiger partial charge in [0.05, 0.1) is 22.8 Å². The van der Waals surface area contributed by atoms with Crippen LogP contribution in [0.4, 0.5) is 0 Å². The third-order valence-electron chi connectivity index (χ3n) is 8.69. The molecule has 218 valence electrons. The Bertz CT molecular complexity index is 1850. The van der Waals surface area contributed by atoms with Gasteiger partial charge in [0.1, 0.15) is 0 Å². The van der Waals surface area contributed by atoms with Gasteiger partial charge in [0.25, 0.3) is 0 Å². The first-order chi connectivity index (χ1) is 20.0. The molecule has 8 bridgehead atoms. The quantitative estimate of drug-likeness (QED) is 0.221. The van der Waals surface area contributed by atoms with Crippen molar-refractivity contribution in [3.05, 3.63) is 69.3 Å². The number of carboxylic acid groups (broad SMARTS) is 2. The molecule has 8 nitrogen and oxygen atoms in total. The maximum Gasteiger partial charge on any atom is 0.303 e. The summed E-state index contributed by atoms with van der Waals surface area (Å²) in [6.07, 6.45) is 2.39. The van der Waals surface area contributed by atoms with Gasteiger partial charge in [-0.3, -0.25) is 9.59 Å². The second-order valence-electron chi connectivity index (χ2n) is 11.2. The molecule has 0 fully saturated rings. The molecule has 0 saturated heterocycles. The highest BCUT2D eigenvalue weighted by molar-refractivity contribution is 5.95. The molecule has 5 heterocycles. The van der Waals surface area contributed by atoms with E-state index in [-0.39, 0.29) is 12.8 Å². The van der Waals surface area contributed by atoms with Gasteiger partial charge in [0.2, 0.25) is 0 Å². The highest BCUT2D eigenvalue weighted by Gasteiger charge is 2.21. The predicted molar refractivity (Wildman–Crippen MR) is 168 cm³/mol. The molecule has 2 aliphatic rings. The van der Waals surface area contributed by atoms with Crippen LogP contribution in [-0.2, 0) is 22.4 Å². The summed E-state index contributed by atoms with van der Waals surface area (Å²) in [5, 5.41) is 18.9. The van der Waals surface area contributed by atoms with E-state index < -0.39 is 11.9 Å². The molecule has 0 amide bonds. The monoisotopic (exact) mass is 566 g/mol. The maximum atomic E-state index is 11.5. The van der Waals surface area contributed by atoms with Crippen LogP contribution in [0.15, 0.2) is 24.3 Å². The largest absolute Gasteiger partial charge is 0.481 e. The number of hydrogen-bond acceptors (Lipinski definition) is 4. The first-order valence-corrected chi connectivity index (χ1v) is 14.6. The Kier molecular flexibility index (Phi) is 7.91. The van der Waals surface area contributed by atoms with Gasteiger partial charge in [-0.2, -0.15) is 0 Å². The number of H-pyrrole nitrogens is 2. The topological polar surface area (TPSA) is 132 Å². The Hall–Kier alpha value is -4.46. The van der Waals surface area contributed by atoms with Gasteiger partial charge in [-0.15, -0.1) is 0 Å². The average molecular weight is 567 g/mol. The highest BCUT2D eigenvalue weighted by atomic mass is 16.4. The van der Waals surface area contributed by atoms with E-state index in [9.17, 15) is 19.8 Å². The molecular formula is C34H38N4O4. The van der Waals surface area contributed by atoms with E-state index in [1.165, 1.54) is 16.7 Å². The van der Waals surface area contributed by atoms with Crippen LogP contribution in [0.3, 0.4) is 0 Å². The Morgan fingerprint density at radius 2 is 1.07 bits per heavy atom. The number of aromatic amines is 2. The number of fused-ring (bicyclic) bond motifs is 8. The van der Waals surface area contributed by atoms with Crippen LogP contribution in [0.25, 0.3) is 44.4 Å². The van der Waals surface area contributed by atoms with Gasteiger partial charge in [-0.1, -0.05) is 13.8 Å². The number of carbonyl (C=O) groups is 2. The molecule has 42 heavy (non-hydrogen) atoms. The van der Waals surface area contributed by atoms with Gasteiger partial charge in [-0.05, 0) is 122 Å². The molecule has 4 N–H and O–H groups in total. The van der Waals surface area contributed by atoms with Crippen molar-refractivity contribution in [2.75, 3.05) is 0 Å². The number of hydrogen-bond donors (Lipinski definition) is 4. The second-order valence-corrected chi connectivity index (χ2v) is 11.2. The number of allylic oxidation sites excluding steroid dienone is 4. The fourth-order valence-electron chi connectivity index (χ4n) is 6.22. The first kappa shape index (κ1) is 29.0. The lowest BCUT2D eigenvalue weighted by atomic mass is 10.00. The lowest BCUT2D eigenvalue weighted by Gasteiger charge is -2.03. The van der Waals surface area contributed by atoms with Gasteiger partial charge < -0.3 is 20.2 Å². The van der Waals surface area contributed by atoms with Crippen LogP contribution >= 0.6 is 0 Å². The predicted octanol–water partition coefficient (Wildman–Crippen LogP) is 7.65. The number of nitrogens with one attached hydrogen (secondary N) is 2. The van der Waals surface area contributed by atoms with Crippen molar-refractivity contribution in [1.29, 1.82) is 0 Å². The molecule has 3 aromatic heterocycles. The molecule has 2 aliphatic heterocycles. The minimum atomic E-state index is -0.864. The normalized spacial score (nSPS) is 13.3. The van der Waals surface area contributed by atoms with E-state index in [0.717, 1.165) is 79.8 Å². The van der Waals surface area contributed by atoms with Crippen molar-refractivity contribution in [3.63, 3.8) is 0 Å². The van der Waals surface area contributed by atoms with E-state index >= 15 is 0 Å². The lowest BCUT2D eigenvalue weighted by molar-refractivity contribution is -0.137. The van der Waals surface area contributed by atoms with Crippen LogP contribution in [0.5, 0.6) is 0 Å². The molecule has 0 saturated carbocycles. The maximum absolute atomic E-state index is 11.5. The van der Waals surface area contributed by atoms with Crippen LogP contribution in [0.1, 0.15) is 98.4 Å². The summed E-state index contributed by atoms with van der Waals surface area (Å²) >= 11 is 0. The van der Waals surface area contributed by atoms with Gasteiger partial charge in [0.15, 0.2) is 0 Å². The minimum absolute atomic E-state index is 0.00182. The summed E-state index contributed by atoms with van der Waals surface area (Å²) in [6.45, 7) is 12.5. The summed E-state index contributed by atoms with van der Waals surface area (Å²) < 4.78 is 0. The van der Waals surface area contributed by atoms with Crippen molar-refractivity contribution < 1.29 is 19.8 Å². The molecular weight excluding hydrogens is 528 g/mol. The number of carboxylic acids is 2. The second kappa shape index (κ2) is 11.4. The minimum Gasteiger partial charge on any atom is -0.481 e. The van der Waals surface area contributed by atoms with E-state index in [0.29, 0.717) is 18.5 Å². The number of aryl methyl sites for hydroxylation is 4. The Balaban J connectivity index is 1.93. The fraction of sp³-hybridized carbons (Fsp3) is 0.353. The zero-order valence-corrected chi connectivity index (χ0v) is 25.2. The molecule has 0 aliphatic carbocycles. The zero-order chi connectivity index (χ0) is 30.3. The molecule has 0 spiro atoms. The number of rotatable bonds is 8. The van der Waals surface area contributed by atoms with Crippen molar-refractivity contribution in [3.8, 4) is 0 Å². The van der Waals surface area contributed by atoms with E-state index in [2.05, 4.69) is 49.8 Å². The summed E-state index contributed by atoms with van der Waals surface area (Å²) in [7, 11) is 0. The Labute approximate surface area is 245 Å². The molecule has 0 unspecified atom stereocenters. The molecule has 0 radical (unpaired) electrons. The number of nitrogens with zero attached hydrogens (tertiary/aromatic N) is 2. The van der Waals surface area contributed by atoms with E-state index in [4.69, 9.17) is 9.97 Å². The number of aliphatic carboxylic acids is 2. The smallest absolute Gasteiger partial charge is 0.303 e. The van der Waals surface area contributed by atoms with Crippen LogP contribution in [0.2, 0.25) is 0 Å². The van der Waals surface area contributed by atoms with Crippen LogP contribution in [-0.4, -0.2) is 42.1 Å². The molecule has 3 aromatic rings. The highest BCUT2D eigenvalue weighted by Crippen LogP contribution is 2.36. The molecule has 0 aromatic carbocycles. The van der Waals surface area contributed by atoms with Gasteiger partial charge in [-0.25, -0.2) is 9.97 Å². The first-order valence-electron chi connectivity index (χ1n) is 14.6. The van der Waals surface area contributed by atoms with E-state index in [1.54, 1.807) is 0 Å². The molecule has 0 atom stereocenters. The van der Waals surface area contributed by atoms with Gasteiger partial charge in [0, 0.05) is 34.9 Å². The summed E-state index contributed by atoms with van der Waals surface area (Å²) in [5.74, 6) is -1.72. The summed E-state index contributed by atoms with van der Waals surface area (Å²) in [6, 6.07) is 8.19.